The summed E-state index contributed by atoms with van der Waals surface area (Å²) in [6, 6.07) is 0. The van der Waals surface area contributed by atoms with Crippen LogP contribution in [0.3, 0.4) is 0 Å². The van der Waals surface area contributed by atoms with Crippen molar-refractivity contribution in [2.45, 2.75) is 83.7 Å². The molecule has 41 heavy (non-hydrogen) atoms. The van der Waals surface area contributed by atoms with E-state index in [2.05, 4.69) is 5.32 Å². The third kappa shape index (κ3) is 9.94. The van der Waals surface area contributed by atoms with Crippen LogP contribution in [0.25, 0.3) is 0 Å². The van der Waals surface area contributed by atoms with Crippen molar-refractivity contribution in [3.05, 3.63) is 46.9 Å². The molecule has 1 aliphatic heterocycles. The number of carbonyl (C=O) groups excluding carboxylic acids is 4. The third-order valence-electron chi connectivity index (χ3n) is 7.39. The van der Waals surface area contributed by atoms with Gasteiger partial charge in [-0.3, -0.25) is 14.4 Å². The van der Waals surface area contributed by atoms with Gasteiger partial charge in [0.1, 0.15) is 12.2 Å². The van der Waals surface area contributed by atoms with Gasteiger partial charge in [-0.05, 0) is 49.7 Å². The van der Waals surface area contributed by atoms with Gasteiger partial charge in [0.05, 0.1) is 19.3 Å². The van der Waals surface area contributed by atoms with Gasteiger partial charge in [0.15, 0.2) is 5.76 Å². The van der Waals surface area contributed by atoms with Crippen molar-refractivity contribution in [1.29, 1.82) is 0 Å². The van der Waals surface area contributed by atoms with E-state index in [1.54, 1.807) is 19.1 Å². The lowest BCUT2D eigenvalue weighted by Gasteiger charge is -2.30. The Morgan fingerprint density at radius 1 is 1.07 bits per heavy atom. The molecule has 2 rings (SSSR count). The summed E-state index contributed by atoms with van der Waals surface area (Å²) < 4.78 is 22.1. The first kappa shape index (κ1) is 33.9. The number of aliphatic hydroxyl groups excluding tert-OH is 1. The summed E-state index contributed by atoms with van der Waals surface area (Å²) in [4.78, 5) is 49.5. The Balaban J connectivity index is 2.43. The first-order valence-electron chi connectivity index (χ1n) is 13.8. The molecule has 2 bridgehead atoms. The van der Waals surface area contributed by atoms with E-state index in [0.717, 1.165) is 0 Å². The molecule has 6 atom stereocenters. The van der Waals surface area contributed by atoms with Gasteiger partial charge >= 0.3 is 6.09 Å². The van der Waals surface area contributed by atoms with Crippen LogP contribution in [-0.4, -0.2) is 74.4 Å². The highest BCUT2D eigenvalue weighted by atomic mass is 16.6. The molecular formula is C30H44N2O9. The van der Waals surface area contributed by atoms with E-state index in [-0.39, 0.29) is 30.4 Å². The van der Waals surface area contributed by atoms with Crippen LogP contribution >= 0.6 is 0 Å². The standard InChI is InChI=1S/C30H44N2O9/c1-17-12-20-15-21(16-23(34)28(20)40-6)32-29(36)22(33)10-8-7-9-11-24(38-4)27(41-30(31)37)19(3)14-18(2)26(35)25(13-17)39-5/h7-8,14,16-17,19,24-27,35H,9-13,15H2,1-6H3,(H2,31,37)(H,32,36)/b8-7?,18-14+/t17-,19+,24+,25+,26-,27+/m1/s1. The number of rotatable bonds is 4. The lowest BCUT2D eigenvalue weighted by Crippen LogP contribution is -2.39. The monoisotopic (exact) mass is 576 g/mol. The summed E-state index contributed by atoms with van der Waals surface area (Å²) in [6.07, 6.45) is 4.61. The molecule has 0 aromatic carbocycles. The zero-order chi connectivity index (χ0) is 30.7. The maximum absolute atomic E-state index is 12.7. The maximum Gasteiger partial charge on any atom is 0.404 e. The Morgan fingerprint density at radius 3 is 2.37 bits per heavy atom. The van der Waals surface area contributed by atoms with E-state index in [1.165, 1.54) is 27.4 Å². The predicted octanol–water partition coefficient (Wildman–Crippen LogP) is 3.02. The zero-order valence-corrected chi connectivity index (χ0v) is 24.8. The first-order chi connectivity index (χ1) is 19.4. The molecule has 0 radical (unpaired) electrons. The molecule has 2 aliphatic rings. The van der Waals surface area contributed by atoms with E-state index < -0.39 is 48.0 Å². The SMILES string of the molecule is COC1=C2CC(=CC1=O)NC(=O)C(=O)CC=CCC[C@H](OC)[C@@H](OC(N)=O)[C@@H](C)/C=C(\C)[C@@H](O)[C@@H](OC)C[C@H](C)C2. The van der Waals surface area contributed by atoms with Crippen molar-refractivity contribution in [3.8, 4) is 0 Å². The van der Waals surface area contributed by atoms with E-state index in [0.29, 0.717) is 42.5 Å². The molecular weight excluding hydrogens is 532 g/mol. The van der Waals surface area contributed by atoms with Crippen molar-refractivity contribution < 1.29 is 43.2 Å². The molecule has 1 heterocycles. The molecule has 0 fully saturated rings. The highest BCUT2D eigenvalue weighted by molar-refractivity contribution is 6.37. The number of ether oxygens (including phenoxy) is 4. The quantitative estimate of drug-likeness (QED) is 0.337. The smallest absolute Gasteiger partial charge is 0.404 e. The van der Waals surface area contributed by atoms with Crippen molar-refractivity contribution in [1.82, 2.24) is 5.32 Å². The number of allylic oxidation sites excluding steroid dienone is 4. The number of nitrogens with one attached hydrogen (secondary N) is 1. The molecule has 0 unspecified atom stereocenters. The molecule has 2 amide bonds. The van der Waals surface area contributed by atoms with Crippen molar-refractivity contribution in [2.24, 2.45) is 17.6 Å². The number of carbonyl (C=O) groups is 4. The van der Waals surface area contributed by atoms with E-state index in [1.807, 2.05) is 19.9 Å². The van der Waals surface area contributed by atoms with Gasteiger partial charge in [-0.2, -0.15) is 0 Å². The van der Waals surface area contributed by atoms with E-state index >= 15 is 0 Å². The molecule has 1 aliphatic carbocycles. The molecule has 228 valence electrons. The van der Waals surface area contributed by atoms with Crippen LogP contribution in [-0.2, 0) is 33.3 Å². The Bertz CT molecular complexity index is 1090. The first-order valence-corrected chi connectivity index (χ1v) is 13.8. The second-order valence-electron chi connectivity index (χ2n) is 10.7. The Morgan fingerprint density at radius 2 is 1.76 bits per heavy atom. The number of ketones is 2. The second-order valence-corrected chi connectivity index (χ2v) is 10.7. The van der Waals surface area contributed by atoms with Crippen LogP contribution in [0, 0.1) is 11.8 Å². The van der Waals surface area contributed by atoms with Crippen LogP contribution in [0.15, 0.2) is 46.9 Å². The minimum absolute atomic E-state index is 0.0486. The maximum atomic E-state index is 12.7. The predicted molar refractivity (Wildman–Crippen MR) is 151 cm³/mol. The number of Topliss-reactive ketones (excluding diaryl/α,β-unsaturated/α-hetero) is 1. The molecule has 0 saturated heterocycles. The van der Waals surface area contributed by atoms with Gasteiger partial charge < -0.3 is 35.1 Å². The number of hydrogen-bond acceptors (Lipinski definition) is 9. The Labute approximate surface area is 241 Å². The average Bonchev–Trinajstić information content (AvgIpc) is 2.91. The minimum atomic E-state index is -0.957. The second kappa shape index (κ2) is 16.2. The molecule has 11 heteroatoms. The molecule has 0 saturated carbocycles. The largest absolute Gasteiger partial charge is 0.493 e. The zero-order valence-electron chi connectivity index (χ0n) is 24.8. The summed E-state index contributed by atoms with van der Waals surface area (Å²) in [5, 5.41) is 13.8. The minimum Gasteiger partial charge on any atom is -0.493 e. The Hall–Kier alpha value is -3.28. The molecule has 0 aromatic rings. The summed E-state index contributed by atoms with van der Waals surface area (Å²) in [5.74, 6) is -2.06. The Kier molecular flexibility index (Phi) is 13.4. The molecule has 0 spiro atoms. The molecule has 0 aromatic heterocycles. The lowest BCUT2D eigenvalue weighted by molar-refractivity contribution is -0.137. The highest BCUT2D eigenvalue weighted by Gasteiger charge is 2.31. The number of hydrogen-bond donors (Lipinski definition) is 3. The number of methoxy groups -OCH3 is 3. The number of fused-ring (bicyclic) bond motifs is 2. The normalized spacial score (nSPS) is 30.9. The summed E-state index contributed by atoms with van der Waals surface area (Å²) >= 11 is 0. The van der Waals surface area contributed by atoms with Crippen LogP contribution in [0.5, 0.6) is 0 Å². The molecule has 4 N–H and O–H groups in total. The van der Waals surface area contributed by atoms with Crippen LogP contribution in [0.2, 0.25) is 0 Å². The van der Waals surface area contributed by atoms with Gasteiger partial charge in [-0.25, -0.2) is 4.79 Å². The fourth-order valence-electron chi connectivity index (χ4n) is 5.35. The highest BCUT2D eigenvalue weighted by Crippen LogP contribution is 2.31. The van der Waals surface area contributed by atoms with Crippen LogP contribution < -0.4 is 11.1 Å². The fourth-order valence-corrected chi connectivity index (χ4v) is 5.35. The number of amides is 2. The van der Waals surface area contributed by atoms with Crippen molar-refractivity contribution >= 4 is 23.6 Å². The number of primary amides is 1. The summed E-state index contributed by atoms with van der Waals surface area (Å²) in [5.41, 5.74) is 6.99. The van der Waals surface area contributed by atoms with Crippen molar-refractivity contribution in [3.63, 3.8) is 0 Å². The number of aliphatic hydroxyl groups is 1. The summed E-state index contributed by atoms with van der Waals surface area (Å²) in [6.45, 7) is 5.58. The van der Waals surface area contributed by atoms with Crippen molar-refractivity contribution in [2.75, 3.05) is 21.3 Å². The topological polar surface area (TPSA) is 163 Å². The number of nitrogens with two attached hydrogens (primary N) is 1. The van der Waals surface area contributed by atoms with Crippen LogP contribution in [0.4, 0.5) is 4.79 Å². The van der Waals surface area contributed by atoms with E-state index in [9.17, 15) is 24.3 Å². The third-order valence-corrected chi connectivity index (χ3v) is 7.39. The van der Waals surface area contributed by atoms with Gasteiger partial charge in [0.25, 0.3) is 5.91 Å². The fraction of sp³-hybridized carbons (Fsp3) is 0.600. The average molecular weight is 577 g/mol. The van der Waals surface area contributed by atoms with Crippen LogP contribution in [0.1, 0.15) is 59.3 Å². The van der Waals surface area contributed by atoms with Gasteiger partial charge in [0.2, 0.25) is 11.6 Å². The molecule has 11 nitrogen and oxygen atoms in total. The summed E-state index contributed by atoms with van der Waals surface area (Å²) in [7, 11) is 4.43. The lowest BCUT2D eigenvalue weighted by atomic mass is 9.86. The van der Waals surface area contributed by atoms with Gasteiger partial charge in [-0.15, -0.1) is 0 Å². The van der Waals surface area contributed by atoms with E-state index in [4.69, 9.17) is 24.7 Å². The van der Waals surface area contributed by atoms with Gasteiger partial charge in [0, 0.05) is 44.8 Å². The van der Waals surface area contributed by atoms with Gasteiger partial charge in [-0.1, -0.05) is 32.1 Å².